The summed E-state index contributed by atoms with van der Waals surface area (Å²) in [5.74, 6) is -4.87. The number of carbonyl (C=O) groups is 10. The summed E-state index contributed by atoms with van der Waals surface area (Å²) < 4.78 is 0. The predicted molar refractivity (Wildman–Crippen MR) is 214 cm³/mol. The van der Waals surface area contributed by atoms with E-state index in [2.05, 4.69) is 21.3 Å². The minimum atomic E-state index is -1.21. The highest BCUT2D eigenvalue weighted by Crippen LogP contribution is 2.27. The molecule has 5 fully saturated rings. The zero-order valence-electron chi connectivity index (χ0n) is 34.1. The van der Waals surface area contributed by atoms with Gasteiger partial charge in [-0.2, -0.15) is 11.8 Å². The van der Waals surface area contributed by atoms with Gasteiger partial charge < -0.3 is 56.6 Å². The van der Waals surface area contributed by atoms with Gasteiger partial charge in [-0.15, -0.1) is 0 Å². The summed E-state index contributed by atoms with van der Waals surface area (Å²) in [5, 5.41) is 19.2. The second-order valence-corrected chi connectivity index (χ2v) is 16.7. The Balaban J connectivity index is 1.12. The molecule has 7 N–H and O–H groups in total. The number of likely N-dealkylation sites (tertiary alicyclic amines) is 5. The lowest BCUT2D eigenvalue weighted by Crippen LogP contribution is -2.56. The maximum atomic E-state index is 13.9. The van der Waals surface area contributed by atoms with E-state index in [-0.39, 0.29) is 32.1 Å². The smallest absolute Gasteiger partial charge is 0.322 e. The van der Waals surface area contributed by atoms with Crippen LogP contribution in [0.5, 0.6) is 0 Å². The summed E-state index contributed by atoms with van der Waals surface area (Å²) in [6.45, 7) is -0.228. The minimum Gasteiger partial charge on any atom is -0.480 e. The lowest BCUT2D eigenvalue weighted by molar-refractivity contribution is -0.148. The third-order valence-electron chi connectivity index (χ3n) is 11.9. The van der Waals surface area contributed by atoms with Crippen molar-refractivity contribution in [1.29, 1.82) is 0 Å². The van der Waals surface area contributed by atoms with Gasteiger partial charge in [-0.3, -0.25) is 47.9 Å². The van der Waals surface area contributed by atoms with Crippen LogP contribution in [0.25, 0.3) is 0 Å². The fourth-order valence-electron chi connectivity index (χ4n) is 8.93. The molecule has 9 amide bonds. The average Bonchev–Trinajstić information content (AvgIpc) is 4.09. The van der Waals surface area contributed by atoms with E-state index in [1.54, 1.807) is 0 Å². The largest absolute Gasteiger partial charge is 0.480 e. The van der Waals surface area contributed by atoms with Crippen molar-refractivity contribution in [3.63, 3.8) is 0 Å². The molecule has 21 nitrogen and oxygen atoms in total. The molecule has 0 radical (unpaired) electrons. The van der Waals surface area contributed by atoms with Crippen molar-refractivity contribution in [3.8, 4) is 0 Å². The van der Waals surface area contributed by atoms with Crippen molar-refractivity contribution in [1.82, 2.24) is 45.8 Å². The van der Waals surface area contributed by atoms with Crippen LogP contribution in [0.2, 0.25) is 0 Å². The molecule has 0 spiro atoms. The van der Waals surface area contributed by atoms with Crippen LogP contribution in [-0.4, -0.2) is 196 Å². The first kappa shape index (κ1) is 46.1. The van der Waals surface area contributed by atoms with E-state index in [9.17, 15) is 47.9 Å². The van der Waals surface area contributed by atoms with Gasteiger partial charge in [0.1, 0.15) is 42.8 Å². The zero-order chi connectivity index (χ0) is 43.5. The second kappa shape index (κ2) is 21.5. The number of nitrogens with one attached hydrogen (secondary N) is 4. The molecule has 332 valence electrons. The quantitative estimate of drug-likeness (QED) is 0.0832. The lowest BCUT2D eigenvalue weighted by Gasteiger charge is -2.32. The molecule has 5 heterocycles. The van der Waals surface area contributed by atoms with E-state index >= 15 is 0 Å². The Labute approximate surface area is 352 Å². The monoisotopic (exact) mass is 862 g/mol. The summed E-state index contributed by atoms with van der Waals surface area (Å²) in [4.78, 5) is 137. The Hall–Kier alpha value is -4.99. The van der Waals surface area contributed by atoms with Gasteiger partial charge in [0.15, 0.2) is 0 Å². The SMILES string of the molecule is CSCC[C@H](NC(=O)CN)C(=O)N1CCC[C@H]1C(=O)NCC(=O)N1CCC[C@H]1C(=O)N1CCC[C@H]1C(=O)NCC(=O)N1CCC[C@H]1C(=O)N1CCC[C@H]1C(=O)NCC(=O)O. The number of nitrogens with two attached hydrogens (primary N) is 1. The van der Waals surface area contributed by atoms with Gasteiger partial charge in [-0.1, -0.05) is 0 Å². The third-order valence-corrected chi connectivity index (χ3v) is 12.5. The molecule has 60 heavy (non-hydrogen) atoms. The van der Waals surface area contributed by atoms with Crippen LogP contribution in [0.4, 0.5) is 0 Å². The Bertz CT molecular complexity index is 1680. The first-order valence-corrected chi connectivity index (χ1v) is 22.2. The first-order valence-electron chi connectivity index (χ1n) is 20.8. The minimum absolute atomic E-state index is 0.273. The van der Waals surface area contributed by atoms with E-state index in [0.29, 0.717) is 89.5 Å². The van der Waals surface area contributed by atoms with Gasteiger partial charge >= 0.3 is 5.97 Å². The maximum Gasteiger partial charge on any atom is 0.322 e. The molecule has 0 aliphatic carbocycles. The lowest BCUT2D eigenvalue weighted by atomic mass is 10.1. The van der Waals surface area contributed by atoms with Crippen LogP contribution < -0.4 is 27.0 Å². The molecule has 0 aromatic rings. The standard InChI is InChI=1S/C38H58N10O11S/c1-60-18-12-23(43-29(49)19-39)36(57)46-15-2-7-24(46)33(54)40-20-30(50)44-13-5-10-27(44)37(58)47-16-3-8-25(47)34(55)41-21-31(51)45-14-6-11-28(45)38(59)48-17-4-9-26(48)35(56)42-22-32(52)53/h23-28H,2-22,39H2,1H3,(H,40,54)(H,41,55)(H,42,56)(H,43,49)(H,52,53)/t23-,24-,25-,26-,27-,28-/m0/s1. The molecule has 5 aliphatic rings. The van der Waals surface area contributed by atoms with E-state index in [1.807, 2.05) is 6.26 Å². The normalized spacial score (nSPS) is 24.3. The first-order chi connectivity index (χ1) is 28.8. The predicted octanol–water partition coefficient (Wildman–Crippen LogP) is -3.43. The van der Waals surface area contributed by atoms with Crippen LogP contribution in [0.1, 0.15) is 70.6 Å². The second-order valence-electron chi connectivity index (χ2n) is 15.7. The Kier molecular flexibility index (Phi) is 16.5. The highest BCUT2D eigenvalue weighted by Gasteiger charge is 2.45. The van der Waals surface area contributed by atoms with Crippen molar-refractivity contribution < 1.29 is 53.1 Å². The number of amides is 9. The molecule has 5 saturated heterocycles. The summed E-state index contributed by atoms with van der Waals surface area (Å²) in [7, 11) is 0. The molecule has 0 saturated carbocycles. The topological polar surface area (TPSA) is 281 Å². The van der Waals surface area contributed by atoms with Crippen molar-refractivity contribution in [2.24, 2.45) is 5.73 Å². The molecule has 22 heteroatoms. The zero-order valence-corrected chi connectivity index (χ0v) is 34.9. The van der Waals surface area contributed by atoms with E-state index in [0.717, 1.165) is 0 Å². The van der Waals surface area contributed by atoms with Crippen molar-refractivity contribution in [2.45, 2.75) is 107 Å². The average molecular weight is 863 g/mol. The number of aliphatic carboxylic acids is 1. The summed E-state index contributed by atoms with van der Waals surface area (Å²) >= 11 is 1.51. The Morgan fingerprint density at radius 2 is 0.967 bits per heavy atom. The van der Waals surface area contributed by atoms with E-state index in [1.165, 1.54) is 36.3 Å². The fourth-order valence-corrected chi connectivity index (χ4v) is 9.40. The fraction of sp³-hybridized carbons (Fsp3) is 0.737. The molecular formula is C38H58N10O11S. The number of nitrogens with zero attached hydrogens (tertiary/aromatic N) is 5. The van der Waals surface area contributed by atoms with Gasteiger partial charge in [-0.05, 0) is 82.6 Å². The van der Waals surface area contributed by atoms with Crippen LogP contribution in [0.3, 0.4) is 0 Å². The third kappa shape index (κ3) is 11.0. The van der Waals surface area contributed by atoms with Gasteiger partial charge in [-0.25, -0.2) is 0 Å². The van der Waals surface area contributed by atoms with Crippen LogP contribution in [0, 0.1) is 0 Å². The number of hydrogen-bond donors (Lipinski definition) is 6. The highest BCUT2D eigenvalue weighted by atomic mass is 32.2. The number of rotatable bonds is 17. The Morgan fingerprint density at radius 1 is 0.583 bits per heavy atom. The molecular weight excluding hydrogens is 805 g/mol. The number of hydrogen-bond acceptors (Lipinski definition) is 12. The molecule has 5 rings (SSSR count). The maximum absolute atomic E-state index is 13.9. The van der Waals surface area contributed by atoms with Crippen LogP contribution >= 0.6 is 11.8 Å². The van der Waals surface area contributed by atoms with Gasteiger partial charge in [0.05, 0.1) is 19.6 Å². The van der Waals surface area contributed by atoms with E-state index in [4.69, 9.17) is 10.8 Å². The molecule has 0 unspecified atom stereocenters. The van der Waals surface area contributed by atoms with Crippen LogP contribution in [0.15, 0.2) is 0 Å². The summed E-state index contributed by atoms with van der Waals surface area (Å²) in [5.41, 5.74) is 5.45. The molecule has 0 aromatic carbocycles. The summed E-state index contributed by atoms with van der Waals surface area (Å²) in [6.07, 6.45) is 6.80. The van der Waals surface area contributed by atoms with Gasteiger partial charge in [0, 0.05) is 32.7 Å². The molecule has 0 aromatic heterocycles. The summed E-state index contributed by atoms with van der Waals surface area (Å²) in [6, 6.07) is -5.07. The molecule has 5 aliphatic heterocycles. The number of carbonyl (C=O) groups excluding carboxylic acids is 9. The van der Waals surface area contributed by atoms with Gasteiger partial charge in [0.2, 0.25) is 53.2 Å². The van der Waals surface area contributed by atoms with E-state index < -0.39 is 109 Å². The highest BCUT2D eigenvalue weighted by molar-refractivity contribution is 7.98. The molecule has 6 atom stereocenters. The van der Waals surface area contributed by atoms with Crippen molar-refractivity contribution >= 4 is 70.9 Å². The Morgan fingerprint density at radius 3 is 1.38 bits per heavy atom. The molecule has 0 bridgehead atoms. The van der Waals surface area contributed by atoms with Crippen LogP contribution in [-0.2, 0) is 47.9 Å². The number of carboxylic acid groups (broad SMARTS) is 1. The van der Waals surface area contributed by atoms with Gasteiger partial charge in [0.25, 0.3) is 0 Å². The van der Waals surface area contributed by atoms with Crippen molar-refractivity contribution in [3.05, 3.63) is 0 Å². The number of carboxylic acids is 1. The van der Waals surface area contributed by atoms with Crippen molar-refractivity contribution in [2.75, 3.05) is 70.9 Å². The number of thioether (sulfide) groups is 1.